The number of benzene rings is 1. The summed E-state index contributed by atoms with van der Waals surface area (Å²) in [6.45, 7) is 2.87. The van der Waals surface area contributed by atoms with Crippen molar-refractivity contribution in [3.05, 3.63) is 35.9 Å². The lowest BCUT2D eigenvalue weighted by Crippen LogP contribution is -2.39. The highest BCUT2D eigenvalue weighted by atomic mass is 16.2. The summed E-state index contributed by atoms with van der Waals surface area (Å²) in [7, 11) is 0. The van der Waals surface area contributed by atoms with Gasteiger partial charge >= 0.3 is 0 Å². The zero-order valence-corrected chi connectivity index (χ0v) is 11.2. The van der Waals surface area contributed by atoms with E-state index in [0.717, 1.165) is 5.56 Å². The van der Waals surface area contributed by atoms with Crippen LogP contribution in [-0.4, -0.2) is 29.8 Å². The van der Waals surface area contributed by atoms with Crippen LogP contribution in [-0.2, 0) is 16.1 Å². The molecule has 0 bridgehead atoms. The SMILES string of the molecule is CC(CN)C(=O)N(CCC(N)=O)Cc1ccccc1. The van der Waals surface area contributed by atoms with Crippen LogP contribution < -0.4 is 11.5 Å². The number of primary amides is 1. The molecule has 0 saturated heterocycles. The average molecular weight is 263 g/mol. The van der Waals surface area contributed by atoms with Crippen LogP contribution in [0.2, 0.25) is 0 Å². The van der Waals surface area contributed by atoms with Crippen molar-refractivity contribution in [1.29, 1.82) is 0 Å². The molecule has 0 heterocycles. The predicted octanol–water partition coefficient (Wildman–Crippen LogP) is 0.485. The third-order valence-electron chi connectivity index (χ3n) is 2.93. The zero-order valence-electron chi connectivity index (χ0n) is 11.2. The highest BCUT2D eigenvalue weighted by molar-refractivity contribution is 5.80. The van der Waals surface area contributed by atoms with Crippen LogP contribution >= 0.6 is 0 Å². The van der Waals surface area contributed by atoms with Crippen molar-refractivity contribution in [3.63, 3.8) is 0 Å². The first kappa shape index (κ1) is 15.2. The Hall–Kier alpha value is -1.88. The lowest BCUT2D eigenvalue weighted by Gasteiger charge is -2.25. The summed E-state index contributed by atoms with van der Waals surface area (Å²) in [4.78, 5) is 24.7. The van der Waals surface area contributed by atoms with Gasteiger partial charge in [-0.2, -0.15) is 0 Å². The molecule has 0 aliphatic rings. The van der Waals surface area contributed by atoms with Crippen LogP contribution in [0.1, 0.15) is 18.9 Å². The fourth-order valence-corrected chi connectivity index (χ4v) is 1.73. The van der Waals surface area contributed by atoms with E-state index in [2.05, 4.69) is 0 Å². The lowest BCUT2D eigenvalue weighted by molar-refractivity contribution is -0.135. The van der Waals surface area contributed by atoms with Crippen LogP contribution in [0, 0.1) is 5.92 Å². The minimum atomic E-state index is -0.411. The minimum absolute atomic E-state index is 0.0485. The average Bonchev–Trinajstić information content (AvgIpc) is 2.42. The van der Waals surface area contributed by atoms with Gasteiger partial charge in [-0.3, -0.25) is 9.59 Å². The maximum atomic E-state index is 12.2. The van der Waals surface area contributed by atoms with E-state index >= 15 is 0 Å². The fraction of sp³-hybridized carbons (Fsp3) is 0.429. The molecule has 104 valence electrons. The van der Waals surface area contributed by atoms with E-state index in [0.29, 0.717) is 19.6 Å². The van der Waals surface area contributed by atoms with Gasteiger partial charge in [0.1, 0.15) is 0 Å². The number of nitrogens with two attached hydrogens (primary N) is 2. The monoisotopic (exact) mass is 263 g/mol. The molecule has 5 heteroatoms. The molecule has 0 radical (unpaired) electrons. The Kier molecular flexibility index (Phi) is 6.02. The summed E-state index contributed by atoms with van der Waals surface area (Å²) in [6, 6.07) is 9.63. The zero-order chi connectivity index (χ0) is 14.3. The highest BCUT2D eigenvalue weighted by Crippen LogP contribution is 2.09. The third kappa shape index (κ3) is 5.09. The topological polar surface area (TPSA) is 89.4 Å². The summed E-state index contributed by atoms with van der Waals surface area (Å²) in [6.07, 6.45) is 0.163. The Morgan fingerprint density at radius 3 is 2.42 bits per heavy atom. The molecule has 4 N–H and O–H groups in total. The van der Waals surface area contributed by atoms with E-state index in [1.165, 1.54) is 0 Å². The second-order valence-corrected chi connectivity index (χ2v) is 4.60. The summed E-state index contributed by atoms with van der Waals surface area (Å²) in [5, 5.41) is 0. The minimum Gasteiger partial charge on any atom is -0.370 e. The molecule has 2 amide bonds. The summed E-state index contributed by atoms with van der Waals surface area (Å²) in [5.41, 5.74) is 11.7. The number of hydrogen-bond acceptors (Lipinski definition) is 3. The van der Waals surface area contributed by atoms with Crippen LogP contribution in [0.5, 0.6) is 0 Å². The lowest BCUT2D eigenvalue weighted by atomic mass is 10.1. The molecule has 0 saturated carbocycles. The predicted molar refractivity (Wildman–Crippen MR) is 73.9 cm³/mol. The van der Waals surface area contributed by atoms with Crippen LogP contribution in [0.15, 0.2) is 30.3 Å². The summed E-state index contributed by atoms with van der Waals surface area (Å²) < 4.78 is 0. The molecular weight excluding hydrogens is 242 g/mol. The van der Waals surface area contributed by atoms with E-state index < -0.39 is 5.91 Å². The highest BCUT2D eigenvalue weighted by Gasteiger charge is 2.19. The Morgan fingerprint density at radius 1 is 1.26 bits per heavy atom. The van der Waals surface area contributed by atoms with Gasteiger partial charge in [0.15, 0.2) is 0 Å². The van der Waals surface area contributed by atoms with Crippen molar-refractivity contribution in [3.8, 4) is 0 Å². The van der Waals surface area contributed by atoms with E-state index in [9.17, 15) is 9.59 Å². The number of carbonyl (C=O) groups is 2. The van der Waals surface area contributed by atoms with E-state index in [1.807, 2.05) is 30.3 Å². The molecule has 1 unspecified atom stereocenters. The van der Waals surface area contributed by atoms with Crippen molar-refractivity contribution in [2.45, 2.75) is 19.9 Å². The number of rotatable bonds is 7. The number of hydrogen-bond donors (Lipinski definition) is 2. The van der Waals surface area contributed by atoms with Crippen molar-refractivity contribution < 1.29 is 9.59 Å². The van der Waals surface area contributed by atoms with Crippen molar-refractivity contribution in [2.24, 2.45) is 17.4 Å². The maximum Gasteiger partial charge on any atom is 0.226 e. The van der Waals surface area contributed by atoms with Gasteiger partial charge in [0, 0.05) is 32.0 Å². The van der Waals surface area contributed by atoms with Crippen LogP contribution in [0.3, 0.4) is 0 Å². The van der Waals surface area contributed by atoms with Gasteiger partial charge in [0.25, 0.3) is 0 Å². The van der Waals surface area contributed by atoms with E-state index in [4.69, 9.17) is 11.5 Å². The van der Waals surface area contributed by atoms with Gasteiger partial charge in [0.05, 0.1) is 0 Å². The van der Waals surface area contributed by atoms with Crippen molar-refractivity contribution in [1.82, 2.24) is 4.90 Å². The quantitative estimate of drug-likeness (QED) is 0.750. The molecule has 0 fully saturated rings. The summed E-state index contributed by atoms with van der Waals surface area (Å²) in [5.74, 6) is -0.713. The number of nitrogens with zero attached hydrogens (tertiary/aromatic N) is 1. The van der Waals surface area contributed by atoms with Crippen molar-refractivity contribution in [2.75, 3.05) is 13.1 Å². The van der Waals surface area contributed by atoms with Gasteiger partial charge in [0.2, 0.25) is 11.8 Å². The first-order valence-corrected chi connectivity index (χ1v) is 6.35. The second-order valence-electron chi connectivity index (χ2n) is 4.60. The smallest absolute Gasteiger partial charge is 0.226 e. The molecular formula is C14H21N3O2. The molecule has 1 rings (SSSR count). The normalized spacial score (nSPS) is 11.9. The van der Waals surface area contributed by atoms with Gasteiger partial charge in [-0.05, 0) is 5.56 Å². The molecule has 1 aromatic carbocycles. The van der Waals surface area contributed by atoms with Gasteiger partial charge in [-0.1, -0.05) is 37.3 Å². The Morgan fingerprint density at radius 2 is 1.89 bits per heavy atom. The Bertz CT molecular complexity index is 420. The standard InChI is InChI=1S/C14H21N3O2/c1-11(9-15)14(19)17(8-7-13(16)18)10-12-5-3-2-4-6-12/h2-6,11H,7-10,15H2,1H3,(H2,16,18). The molecule has 1 aromatic rings. The Balaban J connectivity index is 2.74. The second kappa shape index (κ2) is 7.53. The van der Waals surface area contributed by atoms with Crippen molar-refractivity contribution >= 4 is 11.8 Å². The third-order valence-corrected chi connectivity index (χ3v) is 2.93. The largest absolute Gasteiger partial charge is 0.370 e. The molecule has 0 spiro atoms. The molecule has 1 atom stereocenters. The van der Waals surface area contributed by atoms with E-state index in [1.54, 1.807) is 11.8 Å². The Labute approximate surface area is 113 Å². The molecule has 5 nitrogen and oxygen atoms in total. The van der Waals surface area contributed by atoms with Gasteiger partial charge < -0.3 is 16.4 Å². The van der Waals surface area contributed by atoms with E-state index in [-0.39, 0.29) is 18.2 Å². The number of amides is 2. The molecule has 19 heavy (non-hydrogen) atoms. The fourth-order valence-electron chi connectivity index (χ4n) is 1.73. The first-order chi connectivity index (χ1) is 9.04. The van der Waals surface area contributed by atoms with Gasteiger partial charge in [-0.15, -0.1) is 0 Å². The molecule has 0 aromatic heterocycles. The van der Waals surface area contributed by atoms with Crippen LogP contribution in [0.25, 0.3) is 0 Å². The molecule has 0 aliphatic carbocycles. The van der Waals surface area contributed by atoms with Crippen LogP contribution in [0.4, 0.5) is 0 Å². The maximum absolute atomic E-state index is 12.2. The first-order valence-electron chi connectivity index (χ1n) is 6.35. The summed E-state index contributed by atoms with van der Waals surface area (Å²) >= 11 is 0. The van der Waals surface area contributed by atoms with Gasteiger partial charge in [-0.25, -0.2) is 0 Å². The number of carbonyl (C=O) groups excluding carboxylic acids is 2. The molecule has 0 aliphatic heterocycles.